The Hall–Kier alpha value is -4.49. The number of aromatic amines is 1. The molecule has 5 aromatic rings. The molecule has 0 aliphatic heterocycles. The molecule has 0 bridgehead atoms. The molecule has 0 fully saturated rings. The number of hydrogen-bond acceptors (Lipinski definition) is 5. The minimum Gasteiger partial charge on any atom is -0.321 e. The molecule has 4 heterocycles. The van der Waals surface area contributed by atoms with E-state index >= 15 is 0 Å². The monoisotopic (exact) mass is 491 g/mol. The van der Waals surface area contributed by atoms with Gasteiger partial charge in [0.05, 0.1) is 11.8 Å². The Morgan fingerprint density at radius 1 is 0.886 bits per heavy atom. The van der Waals surface area contributed by atoms with Gasteiger partial charge in [-0.25, -0.2) is 4.68 Å². The maximum atomic E-state index is 14.1. The van der Waals surface area contributed by atoms with Crippen molar-refractivity contribution in [1.82, 2.24) is 34.7 Å². The fourth-order valence-corrected chi connectivity index (χ4v) is 3.52. The lowest BCUT2D eigenvalue weighted by atomic mass is 10.2. The molecule has 0 spiro atoms. The standard InChI is InChI=1S/C21H11F6N7O/c22-20(23,24)15-9-12(5-7-28-15)17-30-18(32-31-17)14-10-29-34(16(14)21(25,26)27)33-8-6-11-3-1-2-4-13(11)19(33)35/h1-10H,(H,30,31,32). The molecular weight excluding hydrogens is 480 g/mol. The number of benzene rings is 1. The number of pyridine rings is 2. The van der Waals surface area contributed by atoms with Gasteiger partial charge in [0, 0.05) is 23.3 Å². The van der Waals surface area contributed by atoms with Gasteiger partial charge < -0.3 is 4.98 Å². The second-order valence-electron chi connectivity index (χ2n) is 7.30. The minimum atomic E-state index is -4.98. The van der Waals surface area contributed by atoms with E-state index in [4.69, 9.17) is 0 Å². The molecule has 0 aliphatic rings. The van der Waals surface area contributed by atoms with Crippen molar-refractivity contribution in [3.8, 4) is 22.8 Å². The molecule has 0 saturated heterocycles. The van der Waals surface area contributed by atoms with Crippen molar-refractivity contribution in [3.05, 3.63) is 82.8 Å². The zero-order valence-corrected chi connectivity index (χ0v) is 17.1. The van der Waals surface area contributed by atoms with Crippen molar-refractivity contribution in [2.45, 2.75) is 12.4 Å². The van der Waals surface area contributed by atoms with Gasteiger partial charge in [0.2, 0.25) is 0 Å². The Morgan fingerprint density at radius 2 is 1.63 bits per heavy atom. The number of aromatic nitrogens is 7. The first-order valence-electron chi connectivity index (χ1n) is 9.77. The van der Waals surface area contributed by atoms with Crippen LogP contribution in [0, 0.1) is 0 Å². The normalized spacial score (nSPS) is 12.4. The first-order valence-corrected chi connectivity index (χ1v) is 9.77. The van der Waals surface area contributed by atoms with Crippen molar-refractivity contribution < 1.29 is 26.3 Å². The third kappa shape index (κ3) is 3.92. The number of fused-ring (bicyclic) bond motifs is 1. The maximum Gasteiger partial charge on any atom is 0.435 e. The molecule has 5 rings (SSSR count). The van der Waals surface area contributed by atoms with Crippen LogP contribution < -0.4 is 5.56 Å². The van der Waals surface area contributed by atoms with E-state index in [0.717, 1.165) is 18.6 Å². The quantitative estimate of drug-likeness (QED) is 0.378. The SMILES string of the molecule is O=c1c2ccccc2ccn1-n1ncc(-c2nnc(-c3ccnc(C(F)(F)F)c3)[nH]2)c1C(F)(F)F. The molecule has 0 atom stereocenters. The lowest BCUT2D eigenvalue weighted by molar-refractivity contribution is -0.144. The summed E-state index contributed by atoms with van der Waals surface area (Å²) in [5.74, 6) is -0.616. The van der Waals surface area contributed by atoms with E-state index in [9.17, 15) is 31.1 Å². The summed E-state index contributed by atoms with van der Waals surface area (Å²) in [6.45, 7) is 0. The third-order valence-electron chi connectivity index (χ3n) is 5.08. The van der Waals surface area contributed by atoms with Gasteiger partial charge in [0.1, 0.15) is 5.69 Å². The number of H-pyrrole nitrogens is 1. The first-order chi connectivity index (χ1) is 16.5. The Kier molecular flexibility index (Phi) is 4.96. The smallest absolute Gasteiger partial charge is 0.321 e. The molecule has 14 heteroatoms. The molecule has 0 aliphatic carbocycles. The van der Waals surface area contributed by atoms with E-state index in [0.29, 0.717) is 20.9 Å². The second-order valence-corrected chi connectivity index (χ2v) is 7.30. The number of rotatable bonds is 3. The molecular formula is C21H11F6N7O. The molecule has 1 N–H and O–H groups in total. The lowest BCUT2D eigenvalue weighted by Gasteiger charge is -2.14. The van der Waals surface area contributed by atoms with Gasteiger partial charge in [-0.3, -0.25) is 9.78 Å². The molecule has 0 radical (unpaired) electrons. The van der Waals surface area contributed by atoms with Crippen LogP contribution in [-0.2, 0) is 12.4 Å². The van der Waals surface area contributed by atoms with Crippen molar-refractivity contribution in [1.29, 1.82) is 0 Å². The number of nitrogens with zero attached hydrogens (tertiary/aromatic N) is 6. The highest BCUT2D eigenvalue weighted by molar-refractivity contribution is 5.81. The largest absolute Gasteiger partial charge is 0.435 e. The number of alkyl halides is 6. The molecule has 0 unspecified atom stereocenters. The highest BCUT2D eigenvalue weighted by Gasteiger charge is 2.40. The van der Waals surface area contributed by atoms with E-state index in [1.54, 1.807) is 18.2 Å². The second kappa shape index (κ2) is 7.78. The summed E-state index contributed by atoms with van der Waals surface area (Å²) in [4.78, 5) is 19.0. The zero-order chi connectivity index (χ0) is 25.0. The van der Waals surface area contributed by atoms with Gasteiger partial charge in [-0.1, -0.05) is 18.2 Å². The summed E-state index contributed by atoms with van der Waals surface area (Å²) < 4.78 is 81.9. The third-order valence-corrected chi connectivity index (χ3v) is 5.08. The predicted octanol–water partition coefficient (Wildman–Crippen LogP) is 4.39. The average molecular weight is 491 g/mol. The molecule has 1 aromatic carbocycles. The minimum absolute atomic E-state index is 0.0854. The van der Waals surface area contributed by atoms with Crippen LogP contribution in [0.2, 0.25) is 0 Å². The van der Waals surface area contributed by atoms with Gasteiger partial charge in [0.25, 0.3) is 5.56 Å². The van der Waals surface area contributed by atoms with E-state index < -0.39 is 40.7 Å². The van der Waals surface area contributed by atoms with Crippen LogP contribution in [0.4, 0.5) is 26.3 Å². The first kappa shape index (κ1) is 22.3. The summed E-state index contributed by atoms with van der Waals surface area (Å²) in [5, 5.41) is 11.8. The van der Waals surface area contributed by atoms with Crippen LogP contribution in [-0.4, -0.2) is 34.7 Å². The van der Waals surface area contributed by atoms with Crippen LogP contribution in [0.25, 0.3) is 33.5 Å². The Morgan fingerprint density at radius 3 is 2.37 bits per heavy atom. The van der Waals surface area contributed by atoms with Crippen molar-refractivity contribution in [3.63, 3.8) is 0 Å². The molecule has 35 heavy (non-hydrogen) atoms. The average Bonchev–Trinajstić information content (AvgIpc) is 3.46. The Bertz CT molecular complexity index is 1610. The number of nitrogens with one attached hydrogen (secondary N) is 1. The van der Waals surface area contributed by atoms with E-state index in [2.05, 4.69) is 25.3 Å². The predicted molar refractivity (Wildman–Crippen MR) is 110 cm³/mol. The van der Waals surface area contributed by atoms with Crippen molar-refractivity contribution in [2.24, 2.45) is 0 Å². The van der Waals surface area contributed by atoms with E-state index in [-0.39, 0.29) is 16.8 Å². The highest BCUT2D eigenvalue weighted by Crippen LogP contribution is 2.36. The van der Waals surface area contributed by atoms with Gasteiger partial charge in [-0.15, -0.1) is 10.2 Å². The molecule has 0 amide bonds. The molecule has 4 aromatic heterocycles. The fourth-order valence-electron chi connectivity index (χ4n) is 3.52. The summed E-state index contributed by atoms with van der Waals surface area (Å²) in [6.07, 6.45) is -6.83. The van der Waals surface area contributed by atoms with Crippen LogP contribution in [0.1, 0.15) is 11.4 Å². The van der Waals surface area contributed by atoms with Crippen LogP contribution in [0.15, 0.2) is 65.8 Å². The highest BCUT2D eigenvalue weighted by atomic mass is 19.4. The van der Waals surface area contributed by atoms with Crippen molar-refractivity contribution in [2.75, 3.05) is 0 Å². The van der Waals surface area contributed by atoms with E-state index in [1.165, 1.54) is 18.2 Å². The topological polar surface area (TPSA) is 94.3 Å². The zero-order valence-electron chi connectivity index (χ0n) is 17.1. The number of halogens is 6. The summed E-state index contributed by atoms with van der Waals surface area (Å²) in [7, 11) is 0. The number of hydrogen-bond donors (Lipinski definition) is 1. The Balaban J connectivity index is 1.63. The summed E-state index contributed by atoms with van der Waals surface area (Å²) >= 11 is 0. The summed E-state index contributed by atoms with van der Waals surface area (Å²) in [6, 6.07) is 9.72. The van der Waals surface area contributed by atoms with Gasteiger partial charge in [-0.05, 0) is 29.7 Å². The lowest BCUT2D eigenvalue weighted by Crippen LogP contribution is -2.30. The van der Waals surface area contributed by atoms with Gasteiger partial charge >= 0.3 is 12.4 Å². The van der Waals surface area contributed by atoms with Crippen LogP contribution in [0.3, 0.4) is 0 Å². The van der Waals surface area contributed by atoms with E-state index in [1.807, 2.05) is 0 Å². The van der Waals surface area contributed by atoms with Crippen LogP contribution >= 0.6 is 0 Å². The summed E-state index contributed by atoms with van der Waals surface area (Å²) in [5.41, 5.74) is -3.91. The van der Waals surface area contributed by atoms with Gasteiger partial charge in [-0.2, -0.15) is 36.2 Å². The molecule has 8 nitrogen and oxygen atoms in total. The molecule has 0 saturated carbocycles. The van der Waals surface area contributed by atoms with Crippen LogP contribution in [0.5, 0.6) is 0 Å². The van der Waals surface area contributed by atoms with Gasteiger partial charge in [0.15, 0.2) is 17.3 Å². The molecule has 178 valence electrons. The Labute approximate surface area is 190 Å². The van der Waals surface area contributed by atoms with Crippen molar-refractivity contribution >= 4 is 10.8 Å². The maximum absolute atomic E-state index is 14.1. The fraction of sp³-hybridized carbons (Fsp3) is 0.0952.